The van der Waals surface area contributed by atoms with Gasteiger partial charge in [0.25, 0.3) is 5.91 Å². The summed E-state index contributed by atoms with van der Waals surface area (Å²) in [4.78, 5) is 16.3. The van der Waals surface area contributed by atoms with Crippen molar-refractivity contribution in [2.75, 3.05) is 45.8 Å². The number of nitrogens with one attached hydrogen (secondary N) is 1. The molecule has 2 aliphatic heterocycles. The number of carbonyl (C=O) groups is 1. The van der Waals surface area contributed by atoms with E-state index in [0.29, 0.717) is 43.5 Å². The highest BCUT2D eigenvalue weighted by Crippen LogP contribution is 2.26. The highest BCUT2D eigenvalue weighted by molar-refractivity contribution is 7.89. The molecule has 156 valence electrons. The third-order valence-corrected chi connectivity index (χ3v) is 8.26. The van der Waals surface area contributed by atoms with E-state index in [2.05, 4.69) is 6.92 Å². The standard InChI is InChI=1S/C21H33N3O3S/c1-16-6-5-7-22(14-16)15-20(25)23-8-10-24(11-9-23)28(26,27)21-18(3)12-17(2)13-19(21)4/h12-13,16H,5-11,14-15H2,1-4H3/p+1/t16-/m1/s1. The molecule has 0 aliphatic carbocycles. The Bertz CT molecular complexity index is 806. The summed E-state index contributed by atoms with van der Waals surface area (Å²) in [5.41, 5.74) is 2.65. The van der Waals surface area contributed by atoms with Gasteiger partial charge in [-0.2, -0.15) is 4.31 Å². The van der Waals surface area contributed by atoms with E-state index in [0.717, 1.165) is 29.8 Å². The predicted molar refractivity (Wildman–Crippen MR) is 110 cm³/mol. The summed E-state index contributed by atoms with van der Waals surface area (Å²) in [6, 6.07) is 3.84. The first-order chi connectivity index (χ1) is 13.2. The molecule has 6 nitrogen and oxygen atoms in total. The number of piperidine rings is 1. The van der Waals surface area contributed by atoms with Gasteiger partial charge in [-0.15, -0.1) is 0 Å². The third-order valence-electron chi connectivity index (χ3n) is 6.06. The number of rotatable bonds is 4. The first-order valence-corrected chi connectivity index (χ1v) is 11.8. The molecule has 2 fully saturated rings. The van der Waals surface area contributed by atoms with E-state index in [1.807, 2.05) is 37.8 Å². The summed E-state index contributed by atoms with van der Waals surface area (Å²) in [5.74, 6) is 0.836. The molecule has 0 aromatic heterocycles. The molecule has 1 unspecified atom stereocenters. The fourth-order valence-electron chi connectivity index (χ4n) is 4.76. The second-order valence-electron chi connectivity index (χ2n) is 8.64. The van der Waals surface area contributed by atoms with Gasteiger partial charge in [0.15, 0.2) is 6.54 Å². The van der Waals surface area contributed by atoms with Crippen molar-refractivity contribution in [2.24, 2.45) is 5.92 Å². The van der Waals surface area contributed by atoms with Crippen molar-refractivity contribution in [3.8, 4) is 0 Å². The maximum absolute atomic E-state index is 13.2. The second-order valence-corrected chi connectivity index (χ2v) is 10.5. The van der Waals surface area contributed by atoms with Crippen LogP contribution in [0.5, 0.6) is 0 Å². The Balaban J connectivity index is 1.62. The maximum atomic E-state index is 13.2. The van der Waals surface area contributed by atoms with Gasteiger partial charge in [-0.1, -0.05) is 24.6 Å². The first-order valence-electron chi connectivity index (χ1n) is 10.4. The quantitative estimate of drug-likeness (QED) is 0.800. The smallest absolute Gasteiger partial charge is 0.277 e. The molecule has 1 aromatic rings. The Morgan fingerprint density at radius 1 is 1.11 bits per heavy atom. The van der Waals surface area contributed by atoms with Crippen molar-refractivity contribution >= 4 is 15.9 Å². The molecule has 2 heterocycles. The van der Waals surface area contributed by atoms with Crippen molar-refractivity contribution in [3.05, 3.63) is 28.8 Å². The van der Waals surface area contributed by atoms with Crippen molar-refractivity contribution in [1.82, 2.24) is 9.21 Å². The Hall–Kier alpha value is -1.44. The zero-order chi connectivity index (χ0) is 20.5. The molecule has 0 radical (unpaired) electrons. The molecule has 2 saturated heterocycles. The van der Waals surface area contributed by atoms with Crippen molar-refractivity contribution in [3.63, 3.8) is 0 Å². The van der Waals surface area contributed by atoms with Crippen LogP contribution < -0.4 is 4.90 Å². The third kappa shape index (κ3) is 4.58. The largest absolute Gasteiger partial charge is 0.335 e. The van der Waals surface area contributed by atoms with Crippen LogP contribution in [-0.2, 0) is 14.8 Å². The average molecular weight is 409 g/mol. The van der Waals surface area contributed by atoms with Gasteiger partial charge in [-0.3, -0.25) is 4.79 Å². The van der Waals surface area contributed by atoms with Crippen LogP contribution in [0.4, 0.5) is 0 Å². The van der Waals surface area contributed by atoms with Crippen LogP contribution in [0, 0.1) is 26.7 Å². The van der Waals surface area contributed by atoms with Gasteiger partial charge < -0.3 is 9.80 Å². The molecule has 0 bridgehead atoms. The first kappa shape index (κ1) is 21.3. The maximum Gasteiger partial charge on any atom is 0.277 e. The topological polar surface area (TPSA) is 62.1 Å². The Morgan fingerprint density at radius 2 is 1.71 bits per heavy atom. The average Bonchev–Trinajstić information content (AvgIpc) is 2.60. The summed E-state index contributed by atoms with van der Waals surface area (Å²) in [7, 11) is -3.53. The minimum Gasteiger partial charge on any atom is -0.335 e. The van der Waals surface area contributed by atoms with E-state index in [9.17, 15) is 13.2 Å². The molecule has 2 aliphatic rings. The van der Waals surface area contributed by atoms with E-state index in [4.69, 9.17) is 0 Å². The summed E-state index contributed by atoms with van der Waals surface area (Å²) < 4.78 is 27.9. The van der Waals surface area contributed by atoms with Crippen LogP contribution in [-0.4, -0.2) is 69.3 Å². The Kier molecular flexibility index (Phi) is 6.47. The molecule has 28 heavy (non-hydrogen) atoms. The molecule has 0 spiro atoms. The predicted octanol–water partition coefficient (Wildman–Crippen LogP) is 0.760. The van der Waals surface area contributed by atoms with Gasteiger partial charge in [0, 0.05) is 32.1 Å². The number of hydrogen-bond donors (Lipinski definition) is 1. The van der Waals surface area contributed by atoms with Crippen molar-refractivity contribution in [2.45, 2.75) is 45.4 Å². The summed E-state index contributed by atoms with van der Waals surface area (Å²) in [6.45, 7) is 12.3. The lowest BCUT2D eigenvalue weighted by molar-refractivity contribution is -0.900. The number of sulfonamides is 1. The van der Waals surface area contributed by atoms with Gasteiger partial charge in [0.05, 0.1) is 18.0 Å². The van der Waals surface area contributed by atoms with Crippen molar-refractivity contribution in [1.29, 1.82) is 0 Å². The molecular weight excluding hydrogens is 374 g/mol. The fourth-order valence-corrected chi connectivity index (χ4v) is 6.60. The van der Waals surface area contributed by atoms with Crippen molar-refractivity contribution < 1.29 is 18.1 Å². The molecule has 1 amide bonds. The number of likely N-dealkylation sites (tertiary alicyclic amines) is 1. The van der Waals surface area contributed by atoms with Gasteiger partial charge in [-0.05, 0) is 44.7 Å². The number of benzene rings is 1. The lowest BCUT2D eigenvalue weighted by atomic mass is 10.0. The summed E-state index contributed by atoms with van der Waals surface area (Å²) in [6.07, 6.45) is 2.44. The lowest BCUT2D eigenvalue weighted by Crippen LogP contribution is -3.14. The van der Waals surface area contributed by atoms with Gasteiger partial charge in [-0.25, -0.2) is 8.42 Å². The van der Waals surface area contributed by atoms with Gasteiger partial charge >= 0.3 is 0 Å². The summed E-state index contributed by atoms with van der Waals surface area (Å²) in [5, 5.41) is 0. The monoisotopic (exact) mass is 408 g/mol. The number of nitrogens with zero attached hydrogens (tertiary/aromatic N) is 2. The zero-order valence-electron chi connectivity index (χ0n) is 17.6. The zero-order valence-corrected chi connectivity index (χ0v) is 18.4. The van der Waals surface area contributed by atoms with E-state index >= 15 is 0 Å². The molecule has 1 aromatic carbocycles. The number of quaternary nitrogens is 1. The van der Waals surface area contributed by atoms with Gasteiger partial charge in [0.1, 0.15) is 0 Å². The van der Waals surface area contributed by atoms with Crippen LogP contribution in [0.15, 0.2) is 17.0 Å². The molecule has 0 saturated carbocycles. The number of amides is 1. The molecule has 2 atom stereocenters. The fraction of sp³-hybridized carbons (Fsp3) is 0.667. The Morgan fingerprint density at radius 3 is 2.29 bits per heavy atom. The molecule has 7 heteroatoms. The number of carbonyl (C=O) groups excluding carboxylic acids is 1. The highest BCUT2D eigenvalue weighted by atomic mass is 32.2. The van der Waals surface area contributed by atoms with E-state index < -0.39 is 10.0 Å². The normalized spacial score (nSPS) is 24.4. The molecule has 1 N–H and O–H groups in total. The lowest BCUT2D eigenvalue weighted by Gasteiger charge is -2.35. The minimum absolute atomic E-state index is 0.156. The molecular formula is C21H34N3O3S+. The number of aryl methyl sites for hydroxylation is 3. The summed E-state index contributed by atoms with van der Waals surface area (Å²) >= 11 is 0. The van der Waals surface area contributed by atoms with E-state index in [-0.39, 0.29) is 5.91 Å². The molecule has 3 rings (SSSR count). The van der Waals surface area contributed by atoms with Crippen LogP contribution in [0.25, 0.3) is 0 Å². The number of piperazine rings is 1. The number of hydrogen-bond acceptors (Lipinski definition) is 3. The second kappa shape index (κ2) is 8.51. The Labute approximate surface area is 169 Å². The van der Waals surface area contributed by atoms with E-state index in [1.165, 1.54) is 22.0 Å². The van der Waals surface area contributed by atoms with Crippen LogP contribution in [0.1, 0.15) is 36.5 Å². The SMILES string of the molecule is Cc1cc(C)c(S(=O)(=O)N2CCN(C(=O)C[NH+]3CCC[C@@H](C)C3)CC2)c(C)c1. The van der Waals surface area contributed by atoms with Crippen LogP contribution >= 0.6 is 0 Å². The highest BCUT2D eigenvalue weighted by Gasteiger charge is 2.33. The van der Waals surface area contributed by atoms with E-state index in [1.54, 1.807) is 0 Å². The van der Waals surface area contributed by atoms with Gasteiger partial charge in [0.2, 0.25) is 10.0 Å². The minimum atomic E-state index is -3.53. The van der Waals surface area contributed by atoms with Crippen LogP contribution in [0.3, 0.4) is 0 Å². The van der Waals surface area contributed by atoms with Crippen LogP contribution in [0.2, 0.25) is 0 Å².